The number of nitrogens with zero attached hydrogens (tertiary/aromatic N) is 2. The SMILES string of the molecule is CCN(Cc1cncs1)CC1CCCCN1. The van der Waals surface area contributed by atoms with Crippen molar-refractivity contribution in [2.24, 2.45) is 0 Å². The van der Waals surface area contributed by atoms with E-state index >= 15 is 0 Å². The Morgan fingerprint density at radius 1 is 1.56 bits per heavy atom. The van der Waals surface area contributed by atoms with Gasteiger partial charge in [-0.15, -0.1) is 11.3 Å². The zero-order chi connectivity index (χ0) is 11.2. The van der Waals surface area contributed by atoms with Gasteiger partial charge in [0.2, 0.25) is 0 Å². The van der Waals surface area contributed by atoms with Gasteiger partial charge < -0.3 is 5.32 Å². The van der Waals surface area contributed by atoms with Crippen LogP contribution in [0.1, 0.15) is 31.1 Å². The summed E-state index contributed by atoms with van der Waals surface area (Å²) in [7, 11) is 0. The van der Waals surface area contributed by atoms with Crippen molar-refractivity contribution >= 4 is 11.3 Å². The number of likely N-dealkylation sites (N-methyl/N-ethyl adjacent to an activating group) is 1. The van der Waals surface area contributed by atoms with Crippen molar-refractivity contribution in [2.45, 2.75) is 38.8 Å². The van der Waals surface area contributed by atoms with Gasteiger partial charge in [-0.25, -0.2) is 0 Å². The average Bonchev–Trinajstić information content (AvgIpc) is 2.82. The van der Waals surface area contributed by atoms with Crippen LogP contribution in [0.5, 0.6) is 0 Å². The molecule has 1 unspecified atom stereocenters. The first-order valence-electron chi connectivity index (χ1n) is 6.21. The van der Waals surface area contributed by atoms with Crippen molar-refractivity contribution < 1.29 is 0 Å². The quantitative estimate of drug-likeness (QED) is 0.853. The first-order chi connectivity index (χ1) is 7.88. The van der Waals surface area contributed by atoms with E-state index in [1.807, 2.05) is 11.7 Å². The maximum absolute atomic E-state index is 4.13. The van der Waals surface area contributed by atoms with Crippen molar-refractivity contribution in [3.8, 4) is 0 Å². The molecule has 2 rings (SSSR count). The molecule has 0 bridgehead atoms. The summed E-state index contributed by atoms with van der Waals surface area (Å²) in [6.45, 7) is 6.79. The van der Waals surface area contributed by atoms with E-state index in [2.05, 4.69) is 22.1 Å². The van der Waals surface area contributed by atoms with Gasteiger partial charge in [0.15, 0.2) is 0 Å². The summed E-state index contributed by atoms with van der Waals surface area (Å²) in [6, 6.07) is 0.696. The molecule has 1 aromatic rings. The molecule has 1 aliphatic heterocycles. The van der Waals surface area contributed by atoms with Crippen molar-refractivity contribution in [2.75, 3.05) is 19.6 Å². The van der Waals surface area contributed by atoms with Gasteiger partial charge in [0.05, 0.1) is 5.51 Å². The Balaban J connectivity index is 1.80. The Morgan fingerprint density at radius 2 is 2.50 bits per heavy atom. The van der Waals surface area contributed by atoms with Gasteiger partial charge in [-0.05, 0) is 25.9 Å². The molecule has 3 nitrogen and oxygen atoms in total. The highest BCUT2D eigenvalue weighted by atomic mass is 32.1. The van der Waals surface area contributed by atoms with Crippen LogP contribution >= 0.6 is 11.3 Å². The molecule has 0 spiro atoms. The zero-order valence-corrected chi connectivity index (χ0v) is 10.8. The molecule has 1 aliphatic rings. The molecular weight excluding hydrogens is 218 g/mol. The van der Waals surface area contributed by atoms with Gasteiger partial charge in [-0.2, -0.15) is 0 Å². The molecule has 0 aliphatic carbocycles. The molecule has 90 valence electrons. The van der Waals surface area contributed by atoms with E-state index in [1.165, 1.54) is 37.2 Å². The van der Waals surface area contributed by atoms with E-state index < -0.39 is 0 Å². The normalized spacial score (nSPS) is 21.5. The summed E-state index contributed by atoms with van der Waals surface area (Å²) in [6.07, 6.45) is 6.05. The van der Waals surface area contributed by atoms with E-state index in [0.717, 1.165) is 13.1 Å². The highest BCUT2D eigenvalue weighted by molar-refractivity contribution is 7.09. The number of hydrogen-bond acceptors (Lipinski definition) is 4. The lowest BCUT2D eigenvalue weighted by atomic mass is 10.0. The number of nitrogens with one attached hydrogen (secondary N) is 1. The predicted molar refractivity (Wildman–Crippen MR) is 68.7 cm³/mol. The zero-order valence-electron chi connectivity index (χ0n) is 9.98. The smallest absolute Gasteiger partial charge is 0.0794 e. The first-order valence-corrected chi connectivity index (χ1v) is 7.09. The van der Waals surface area contributed by atoms with Crippen LogP contribution in [0.3, 0.4) is 0 Å². The molecule has 0 aromatic carbocycles. The minimum Gasteiger partial charge on any atom is -0.313 e. The van der Waals surface area contributed by atoms with E-state index in [4.69, 9.17) is 0 Å². The molecule has 0 amide bonds. The molecule has 1 N–H and O–H groups in total. The Bertz CT molecular complexity index is 280. The van der Waals surface area contributed by atoms with Crippen molar-refractivity contribution in [1.29, 1.82) is 0 Å². The summed E-state index contributed by atoms with van der Waals surface area (Å²) in [5.41, 5.74) is 1.92. The predicted octanol–water partition coefficient (Wildman–Crippen LogP) is 2.11. The van der Waals surface area contributed by atoms with Gasteiger partial charge in [0.1, 0.15) is 0 Å². The Kier molecular flexibility index (Phi) is 4.75. The van der Waals surface area contributed by atoms with E-state index in [1.54, 1.807) is 11.3 Å². The third kappa shape index (κ3) is 3.54. The van der Waals surface area contributed by atoms with Gasteiger partial charge in [-0.1, -0.05) is 13.3 Å². The topological polar surface area (TPSA) is 28.2 Å². The lowest BCUT2D eigenvalue weighted by Crippen LogP contribution is -2.43. The van der Waals surface area contributed by atoms with Crippen LogP contribution in [0.15, 0.2) is 11.7 Å². The maximum Gasteiger partial charge on any atom is 0.0794 e. The van der Waals surface area contributed by atoms with E-state index in [9.17, 15) is 0 Å². The second-order valence-electron chi connectivity index (χ2n) is 4.44. The number of piperidine rings is 1. The van der Waals surface area contributed by atoms with Crippen molar-refractivity contribution in [1.82, 2.24) is 15.2 Å². The van der Waals surface area contributed by atoms with Crippen molar-refractivity contribution in [3.05, 3.63) is 16.6 Å². The van der Waals surface area contributed by atoms with Crippen LogP contribution in [-0.2, 0) is 6.54 Å². The Hall–Kier alpha value is -0.450. The lowest BCUT2D eigenvalue weighted by Gasteiger charge is -2.29. The fourth-order valence-electron chi connectivity index (χ4n) is 2.24. The summed E-state index contributed by atoms with van der Waals surface area (Å²) in [4.78, 5) is 8.02. The number of rotatable bonds is 5. The highest BCUT2D eigenvalue weighted by Crippen LogP contribution is 2.12. The second-order valence-corrected chi connectivity index (χ2v) is 5.41. The summed E-state index contributed by atoms with van der Waals surface area (Å²) in [5, 5.41) is 3.61. The van der Waals surface area contributed by atoms with Gasteiger partial charge >= 0.3 is 0 Å². The van der Waals surface area contributed by atoms with Gasteiger partial charge in [-0.3, -0.25) is 9.88 Å². The minimum absolute atomic E-state index is 0.696. The van der Waals surface area contributed by atoms with Gasteiger partial charge in [0, 0.05) is 30.2 Å². The Labute approximate surface area is 102 Å². The van der Waals surface area contributed by atoms with E-state index in [0.29, 0.717) is 6.04 Å². The number of hydrogen-bond donors (Lipinski definition) is 1. The average molecular weight is 239 g/mol. The standard InChI is InChI=1S/C12H21N3S/c1-2-15(9-12-7-13-10-16-12)8-11-5-3-4-6-14-11/h7,10-11,14H,2-6,8-9H2,1H3. The van der Waals surface area contributed by atoms with Crippen LogP contribution < -0.4 is 5.32 Å². The van der Waals surface area contributed by atoms with Crippen LogP contribution in [0.4, 0.5) is 0 Å². The molecule has 1 atom stereocenters. The third-order valence-corrected chi connectivity index (χ3v) is 3.97. The second kappa shape index (κ2) is 6.33. The van der Waals surface area contributed by atoms with E-state index in [-0.39, 0.29) is 0 Å². The summed E-state index contributed by atoms with van der Waals surface area (Å²) >= 11 is 1.76. The molecule has 1 aromatic heterocycles. The molecule has 1 fully saturated rings. The first kappa shape index (κ1) is 12.0. The number of aromatic nitrogens is 1. The summed E-state index contributed by atoms with van der Waals surface area (Å²) in [5.74, 6) is 0. The molecule has 16 heavy (non-hydrogen) atoms. The highest BCUT2D eigenvalue weighted by Gasteiger charge is 2.16. The third-order valence-electron chi connectivity index (χ3n) is 3.20. The molecule has 0 radical (unpaired) electrons. The van der Waals surface area contributed by atoms with Crippen molar-refractivity contribution in [3.63, 3.8) is 0 Å². The van der Waals surface area contributed by atoms with Crippen LogP contribution in [0, 0.1) is 0 Å². The van der Waals surface area contributed by atoms with Crippen LogP contribution in [0.2, 0.25) is 0 Å². The molecule has 0 saturated carbocycles. The fraction of sp³-hybridized carbons (Fsp3) is 0.750. The maximum atomic E-state index is 4.13. The fourth-order valence-corrected chi connectivity index (χ4v) is 2.87. The van der Waals surface area contributed by atoms with Gasteiger partial charge in [0.25, 0.3) is 0 Å². The molecule has 2 heterocycles. The molecular formula is C12H21N3S. The Morgan fingerprint density at radius 3 is 3.12 bits per heavy atom. The molecule has 1 saturated heterocycles. The monoisotopic (exact) mass is 239 g/mol. The number of thiazole rings is 1. The largest absolute Gasteiger partial charge is 0.313 e. The minimum atomic E-state index is 0.696. The van der Waals surface area contributed by atoms with Crippen LogP contribution in [-0.4, -0.2) is 35.6 Å². The molecule has 4 heteroatoms. The lowest BCUT2D eigenvalue weighted by molar-refractivity contribution is 0.228. The summed E-state index contributed by atoms with van der Waals surface area (Å²) < 4.78 is 0. The van der Waals surface area contributed by atoms with Crippen LogP contribution in [0.25, 0.3) is 0 Å².